The summed E-state index contributed by atoms with van der Waals surface area (Å²) >= 11 is 0. The van der Waals surface area contributed by atoms with Crippen LogP contribution in [0.1, 0.15) is 38.2 Å². The van der Waals surface area contributed by atoms with E-state index in [0.29, 0.717) is 12.0 Å². The predicted octanol–water partition coefficient (Wildman–Crippen LogP) is 2.51. The lowest BCUT2D eigenvalue weighted by Crippen LogP contribution is -2.56. The van der Waals surface area contributed by atoms with E-state index in [1.54, 1.807) is 0 Å². The van der Waals surface area contributed by atoms with Crippen LogP contribution in [0.3, 0.4) is 0 Å². The summed E-state index contributed by atoms with van der Waals surface area (Å²) in [6, 6.07) is 10.7. The quantitative estimate of drug-likeness (QED) is 0.893. The Hall–Kier alpha value is -1.35. The minimum absolute atomic E-state index is 0.154. The van der Waals surface area contributed by atoms with Crippen molar-refractivity contribution >= 4 is 5.91 Å². The molecule has 1 saturated heterocycles. The van der Waals surface area contributed by atoms with Crippen LogP contribution in [-0.4, -0.2) is 25.0 Å². The molecule has 21 heavy (non-hydrogen) atoms. The summed E-state index contributed by atoms with van der Waals surface area (Å²) in [7, 11) is 0. The zero-order valence-electron chi connectivity index (χ0n) is 12.9. The van der Waals surface area contributed by atoms with Gasteiger partial charge in [-0.15, -0.1) is 0 Å². The van der Waals surface area contributed by atoms with Crippen LogP contribution in [0.5, 0.6) is 0 Å². The zero-order chi connectivity index (χ0) is 14.7. The lowest BCUT2D eigenvalue weighted by molar-refractivity contribution is -0.137. The van der Waals surface area contributed by atoms with Gasteiger partial charge in [0.05, 0.1) is 5.41 Å². The lowest BCUT2D eigenvalue weighted by Gasteiger charge is -2.42. The summed E-state index contributed by atoms with van der Waals surface area (Å²) in [5.74, 6) is 0.849. The van der Waals surface area contributed by atoms with E-state index in [4.69, 9.17) is 0 Å². The minimum atomic E-state index is -0.154. The Morgan fingerprint density at radius 1 is 1.33 bits per heavy atom. The van der Waals surface area contributed by atoms with E-state index in [-0.39, 0.29) is 11.3 Å². The highest BCUT2D eigenvalue weighted by atomic mass is 16.2. The molecular weight excluding hydrogens is 260 g/mol. The zero-order valence-corrected chi connectivity index (χ0v) is 12.9. The maximum absolute atomic E-state index is 12.8. The van der Waals surface area contributed by atoms with Crippen molar-refractivity contribution in [1.82, 2.24) is 10.6 Å². The highest BCUT2D eigenvalue weighted by Gasteiger charge is 2.44. The molecule has 1 heterocycles. The number of hydrogen-bond donors (Lipinski definition) is 2. The molecule has 2 atom stereocenters. The second kappa shape index (κ2) is 6.18. The maximum atomic E-state index is 12.8. The first kappa shape index (κ1) is 14.6. The number of carbonyl (C=O) groups is 1. The molecule has 1 saturated carbocycles. The summed E-state index contributed by atoms with van der Waals surface area (Å²) in [5.41, 5.74) is 1.13. The second-order valence-electron chi connectivity index (χ2n) is 6.85. The van der Waals surface area contributed by atoms with Crippen LogP contribution < -0.4 is 10.6 Å². The lowest BCUT2D eigenvalue weighted by atomic mass is 9.64. The average Bonchev–Trinajstić information content (AvgIpc) is 2.46. The first-order valence-corrected chi connectivity index (χ1v) is 8.25. The molecule has 114 valence electrons. The van der Waals surface area contributed by atoms with Crippen molar-refractivity contribution in [3.63, 3.8) is 0 Å². The highest BCUT2D eigenvalue weighted by Crippen LogP contribution is 2.44. The van der Waals surface area contributed by atoms with E-state index in [1.165, 1.54) is 12.0 Å². The van der Waals surface area contributed by atoms with Crippen molar-refractivity contribution in [3.8, 4) is 0 Å². The number of carbonyl (C=O) groups excluding carboxylic acids is 1. The van der Waals surface area contributed by atoms with Gasteiger partial charge >= 0.3 is 0 Å². The number of hydrogen-bond acceptors (Lipinski definition) is 2. The Morgan fingerprint density at radius 2 is 2.10 bits per heavy atom. The van der Waals surface area contributed by atoms with E-state index >= 15 is 0 Å². The number of nitrogens with one attached hydrogen (secondary N) is 2. The Labute approximate surface area is 127 Å². The van der Waals surface area contributed by atoms with Gasteiger partial charge in [-0.25, -0.2) is 0 Å². The first-order valence-electron chi connectivity index (χ1n) is 8.25. The van der Waals surface area contributed by atoms with Crippen LogP contribution in [0, 0.1) is 11.3 Å². The molecule has 0 radical (unpaired) electrons. The molecule has 2 aliphatic rings. The molecule has 1 aliphatic heterocycles. The summed E-state index contributed by atoms with van der Waals surface area (Å²) in [6.07, 6.45) is 5.27. The maximum Gasteiger partial charge on any atom is 0.226 e. The second-order valence-corrected chi connectivity index (χ2v) is 6.85. The van der Waals surface area contributed by atoms with Gasteiger partial charge in [-0.05, 0) is 43.7 Å². The minimum Gasteiger partial charge on any atom is -0.351 e. The van der Waals surface area contributed by atoms with Crippen molar-refractivity contribution in [2.24, 2.45) is 11.3 Å². The molecule has 2 fully saturated rings. The van der Waals surface area contributed by atoms with Gasteiger partial charge in [0.15, 0.2) is 0 Å². The number of rotatable bonds is 4. The van der Waals surface area contributed by atoms with Crippen molar-refractivity contribution in [3.05, 3.63) is 35.9 Å². The van der Waals surface area contributed by atoms with E-state index < -0.39 is 0 Å². The molecule has 1 aromatic rings. The van der Waals surface area contributed by atoms with E-state index in [0.717, 1.165) is 38.8 Å². The summed E-state index contributed by atoms with van der Waals surface area (Å²) in [4.78, 5) is 12.8. The third kappa shape index (κ3) is 3.13. The topological polar surface area (TPSA) is 41.1 Å². The third-order valence-electron chi connectivity index (χ3n) is 5.32. The van der Waals surface area contributed by atoms with Crippen LogP contribution in [0.4, 0.5) is 0 Å². The van der Waals surface area contributed by atoms with Crippen LogP contribution in [0.2, 0.25) is 0 Å². The standard InChI is InChI=1S/C18H26N2O/c1-14-8-11-19-13-16(14)20-17(21)18(9-5-10-18)12-15-6-3-2-4-7-15/h2-4,6-7,14,16,19H,5,8-13H2,1H3,(H,20,21). The molecule has 3 rings (SSSR count). The van der Waals surface area contributed by atoms with Gasteiger partial charge in [0.2, 0.25) is 5.91 Å². The molecule has 1 aliphatic carbocycles. The average molecular weight is 286 g/mol. The molecular formula is C18H26N2O. The Morgan fingerprint density at radius 3 is 2.71 bits per heavy atom. The van der Waals surface area contributed by atoms with Crippen molar-refractivity contribution in [2.75, 3.05) is 13.1 Å². The molecule has 0 bridgehead atoms. The molecule has 3 heteroatoms. The molecule has 1 amide bonds. The third-order valence-corrected chi connectivity index (χ3v) is 5.32. The van der Waals surface area contributed by atoms with Crippen molar-refractivity contribution in [2.45, 2.75) is 45.1 Å². The largest absolute Gasteiger partial charge is 0.351 e. The molecule has 1 aromatic carbocycles. The van der Waals surface area contributed by atoms with Crippen molar-refractivity contribution < 1.29 is 4.79 Å². The summed E-state index contributed by atoms with van der Waals surface area (Å²) in [6.45, 7) is 4.23. The van der Waals surface area contributed by atoms with Crippen LogP contribution in [-0.2, 0) is 11.2 Å². The fraction of sp³-hybridized carbons (Fsp3) is 0.611. The fourth-order valence-corrected chi connectivity index (χ4v) is 3.58. The smallest absolute Gasteiger partial charge is 0.226 e. The molecule has 0 aromatic heterocycles. The number of benzene rings is 1. The van der Waals surface area contributed by atoms with Gasteiger partial charge < -0.3 is 10.6 Å². The van der Waals surface area contributed by atoms with Gasteiger partial charge in [-0.2, -0.15) is 0 Å². The van der Waals surface area contributed by atoms with Crippen molar-refractivity contribution in [1.29, 1.82) is 0 Å². The van der Waals surface area contributed by atoms with Gasteiger partial charge in [-0.1, -0.05) is 43.7 Å². The Balaban J connectivity index is 1.66. The fourth-order valence-electron chi connectivity index (χ4n) is 3.58. The van der Waals surface area contributed by atoms with Crippen LogP contribution >= 0.6 is 0 Å². The summed E-state index contributed by atoms with van der Waals surface area (Å²) < 4.78 is 0. The SMILES string of the molecule is CC1CCNCC1NC(=O)C1(Cc2ccccc2)CCC1. The van der Waals surface area contributed by atoms with Gasteiger partial charge in [0, 0.05) is 12.6 Å². The van der Waals surface area contributed by atoms with E-state index in [9.17, 15) is 4.79 Å². The molecule has 2 N–H and O–H groups in total. The monoisotopic (exact) mass is 286 g/mol. The molecule has 0 spiro atoms. The van der Waals surface area contributed by atoms with Crippen LogP contribution in [0.15, 0.2) is 30.3 Å². The van der Waals surface area contributed by atoms with E-state index in [1.807, 2.05) is 6.07 Å². The highest BCUT2D eigenvalue weighted by molar-refractivity contribution is 5.84. The van der Waals surface area contributed by atoms with Gasteiger partial charge in [0.1, 0.15) is 0 Å². The summed E-state index contributed by atoms with van der Waals surface area (Å²) in [5, 5.41) is 6.72. The van der Waals surface area contributed by atoms with Crippen LogP contribution in [0.25, 0.3) is 0 Å². The normalized spacial score (nSPS) is 27.7. The molecule has 3 nitrogen and oxygen atoms in total. The first-order chi connectivity index (χ1) is 10.2. The predicted molar refractivity (Wildman–Crippen MR) is 85.0 cm³/mol. The van der Waals surface area contributed by atoms with Gasteiger partial charge in [-0.3, -0.25) is 4.79 Å². The Bertz CT molecular complexity index is 481. The number of amides is 1. The Kier molecular flexibility index (Phi) is 4.29. The van der Waals surface area contributed by atoms with E-state index in [2.05, 4.69) is 41.8 Å². The molecule has 2 unspecified atom stereocenters. The number of piperidine rings is 1. The van der Waals surface area contributed by atoms with Gasteiger partial charge in [0.25, 0.3) is 0 Å².